The van der Waals surface area contributed by atoms with Gasteiger partial charge in [-0.25, -0.2) is 0 Å². The number of H-pyrrole nitrogens is 2. The zero-order valence-electron chi connectivity index (χ0n) is 19.4. The van der Waals surface area contributed by atoms with Crippen LogP contribution in [0.3, 0.4) is 0 Å². The van der Waals surface area contributed by atoms with E-state index in [9.17, 15) is 0 Å². The summed E-state index contributed by atoms with van der Waals surface area (Å²) in [4.78, 5) is 18.4. The second kappa shape index (κ2) is 8.85. The minimum atomic E-state index is 0.217. The lowest BCUT2D eigenvalue weighted by Gasteiger charge is -2.23. The van der Waals surface area contributed by atoms with Crippen molar-refractivity contribution in [1.29, 1.82) is 0 Å². The summed E-state index contributed by atoms with van der Waals surface area (Å²) in [5, 5.41) is 15.3. The van der Waals surface area contributed by atoms with E-state index in [0.717, 1.165) is 86.7 Å². The number of hydrogen-bond acceptors (Lipinski definition) is 7. The third-order valence-electron chi connectivity index (χ3n) is 6.60. The lowest BCUT2D eigenvalue weighted by molar-refractivity contribution is 0.162. The predicted molar refractivity (Wildman–Crippen MR) is 142 cm³/mol. The summed E-state index contributed by atoms with van der Waals surface area (Å²) >= 11 is 1.69. The number of aromatic nitrogens is 6. The standard InChI is InChI=1S/C27H23N7OS/c1-2-25(36-9-1)27-19-12-23(32-21(19)5-8-30-27)26-20-11-22(31-15-24(20)33-34-26)16-10-18(14-29-13-16)35-17-3-6-28-7-4-17/h1-2,5,8-15,17,28,32H,3-4,6-7H2,(H,33,34). The molecule has 36 heavy (non-hydrogen) atoms. The van der Waals surface area contributed by atoms with E-state index in [1.807, 2.05) is 36.8 Å². The van der Waals surface area contributed by atoms with Crippen molar-refractivity contribution in [3.63, 3.8) is 0 Å². The highest BCUT2D eigenvalue weighted by Gasteiger charge is 2.17. The average Bonchev–Trinajstić information content (AvgIpc) is 3.68. The Balaban J connectivity index is 1.26. The number of piperidine rings is 1. The molecule has 7 heterocycles. The molecule has 1 aliphatic rings. The van der Waals surface area contributed by atoms with Crippen molar-refractivity contribution in [3.05, 3.63) is 66.6 Å². The zero-order valence-corrected chi connectivity index (χ0v) is 20.2. The maximum Gasteiger partial charge on any atom is 0.138 e. The van der Waals surface area contributed by atoms with Crippen LogP contribution in [0, 0.1) is 0 Å². The number of fused-ring (bicyclic) bond motifs is 2. The molecule has 8 nitrogen and oxygen atoms in total. The average molecular weight is 494 g/mol. The fraction of sp³-hybridized carbons (Fsp3) is 0.185. The van der Waals surface area contributed by atoms with Crippen molar-refractivity contribution >= 4 is 33.1 Å². The zero-order chi connectivity index (χ0) is 23.9. The molecule has 0 bridgehead atoms. The molecular weight excluding hydrogens is 470 g/mol. The van der Waals surface area contributed by atoms with E-state index in [2.05, 4.69) is 59.0 Å². The van der Waals surface area contributed by atoms with Crippen LogP contribution in [0.2, 0.25) is 0 Å². The van der Waals surface area contributed by atoms with Crippen molar-refractivity contribution in [2.24, 2.45) is 0 Å². The second-order valence-electron chi connectivity index (χ2n) is 8.94. The van der Waals surface area contributed by atoms with Gasteiger partial charge in [-0.3, -0.25) is 20.1 Å². The van der Waals surface area contributed by atoms with Crippen LogP contribution in [-0.2, 0) is 0 Å². The number of pyridine rings is 3. The van der Waals surface area contributed by atoms with Gasteiger partial charge in [-0.2, -0.15) is 5.10 Å². The fourth-order valence-electron chi connectivity index (χ4n) is 4.80. The van der Waals surface area contributed by atoms with E-state index in [1.165, 1.54) is 0 Å². The number of ether oxygens (including phenoxy) is 1. The lowest BCUT2D eigenvalue weighted by atomic mass is 10.1. The second-order valence-corrected chi connectivity index (χ2v) is 9.89. The van der Waals surface area contributed by atoms with Gasteiger partial charge in [0, 0.05) is 34.2 Å². The molecule has 0 aliphatic carbocycles. The number of rotatable bonds is 5. The molecule has 9 heteroatoms. The molecule has 0 unspecified atom stereocenters. The van der Waals surface area contributed by atoms with E-state index < -0.39 is 0 Å². The molecule has 0 spiro atoms. The van der Waals surface area contributed by atoms with Crippen molar-refractivity contribution in [2.75, 3.05) is 13.1 Å². The molecule has 178 valence electrons. The van der Waals surface area contributed by atoms with E-state index in [4.69, 9.17) is 4.74 Å². The molecule has 7 rings (SSSR count). The van der Waals surface area contributed by atoms with Crippen LogP contribution in [0.5, 0.6) is 5.75 Å². The van der Waals surface area contributed by atoms with Gasteiger partial charge in [0.15, 0.2) is 0 Å². The summed E-state index contributed by atoms with van der Waals surface area (Å²) in [6.45, 7) is 1.97. The lowest BCUT2D eigenvalue weighted by Crippen LogP contribution is -2.34. The van der Waals surface area contributed by atoms with E-state index in [1.54, 1.807) is 17.5 Å². The van der Waals surface area contributed by atoms with Gasteiger partial charge in [-0.05, 0) is 61.6 Å². The molecule has 0 amide bonds. The van der Waals surface area contributed by atoms with Crippen LogP contribution in [0.1, 0.15) is 12.8 Å². The summed E-state index contributed by atoms with van der Waals surface area (Å²) in [5.74, 6) is 0.776. The summed E-state index contributed by atoms with van der Waals surface area (Å²) in [6, 6.07) is 12.3. The number of nitrogens with one attached hydrogen (secondary N) is 3. The molecule has 6 aromatic heterocycles. The fourth-order valence-corrected chi connectivity index (χ4v) is 5.54. The van der Waals surface area contributed by atoms with Gasteiger partial charge in [0.2, 0.25) is 0 Å². The molecule has 6 aromatic rings. The Morgan fingerprint density at radius 1 is 0.917 bits per heavy atom. The SMILES string of the molecule is c1csc(-c2nccc3[nH]c(-c4n[nH]c5cnc(-c6cncc(OC7CCNCC7)c6)cc45)cc23)c1. The highest BCUT2D eigenvalue weighted by atomic mass is 32.1. The number of aromatic amines is 2. The van der Waals surface area contributed by atoms with Crippen LogP contribution in [-0.4, -0.2) is 49.3 Å². The first-order valence-electron chi connectivity index (χ1n) is 12.0. The summed E-state index contributed by atoms with van der Waals surface area (Å²) in [7, 11) is 0. The minimum Gasteiger partial charge on any atom is -0.489 e. The van der Waals surface area contributed by atoms with Crippen LogP contribution < -0.4 is 10.1 Å². The Hall–Kier alpha value is -4.08. The van der Waals surface area contributed by atoms with E-state index in [-0.39, 0.29) is 6.10 Å². The molecule has 0 aromatic carbocycles. The molecule has 0 atom stereocenters. The first-order chi connectivity index (χ1) is 17.8. The number of hydrogen-bond donors (Lipinski definition) is 3. The third kappa shape index (κ3) is 3.82. The smallest absolute Gasteiger partial charge is 0.138 e. The van der Waals surface area contributed by atoms with Gasteiger partial charge in [0.05, 0.1) is 39.9 Å². The quantitative estimate of drug-likeness (QED) is 0.296. The Labute approximate surface area is 210 Å². The van der Waals surface area contributed by atoms with Crippen molar-refractivity contribution in [1.82, 2.24) is 35.5 Å². The molecule has 1 aliphatic heterocycles. The van der Waals surface area contributed by atoms with Crippen LogP contribution >= 0.6 is 11.3 Å². The Morgan fingerprint density at radius 2 is 1.83 bits per heavy atom. The molecule has 0 radical (unpaired) electrons. The number of nitrogens with zero attached hydrogens (tertiary/aromatic N) is 4. The largest absolute Gasteiger partial charge is 0.489 e. The summed E-state index contributed by atoms with van der Waals surface area (Å²) in [6.07, 6.45) is 9.48. The molecule has 1 saturated heterocycles. The highest BCUT2D eigenvalue weighted by Crippen LogP contribution is 2.35. The Bertz CT molecular complexity index is 1660. The molecule has 0 saturated carbocycles. The van der Waals surface area contributed by atoms with E-state index >= 15 is 0 Å². The molecule has 3 N–H and O–H groups in total. The maximum absolute atomic E-state index is 6.20. The minimum absolute atomic E-state index is 0.217. The van der Waals surface area contributed by atoms with Crippen molar-refractivity contribution in [2.45, 2.75) is 18.9 Å². The summed E-state index contributed by atoms with van der Waals surface area (Å²) in [5.41, 5.74) is 6.39. The van der Waals surface area contributed by atoms with Crippen LogP contribution in [0.4, 0.5) is 0 Å². The maximum atomic E-state index is 6.20. The predicted octanol–water partition coefficient (Wildman–Crippen LogP) is 5.42. The molecule has 1 fully saturated rings. The Kier molecular flexibility index (Phi) is 5.22. The van der Waals surface area contributed by atoms with Crippen LogP contribution in [0.15, 0.2) is 66.6 Å². The third-order valence-corrected chi connectivity index (χ3v) is 7.48. The van der Waals surface area contributed by atoms with Gasteiger partial charge in [-0.1, -0.05) is 6.07 Å². The monoisotopic (exact) mass is 493 g/mol. The van der Waals surface area contributed by atoms with Crippen molar-refractivity contribution < 1.29 is 4.74 Å². The Morgan fingerprint density at radius 3 is 2.72 bits per heavy atom. The first kappa shape index (κ1) is 21.2. The molecular formula is C27H23N7OS. The topological polar surface area (TPSA) is 104 Å². The van der Waals surface area contributed by atoms with E-state index in [0.29, 0.717) is 0 Å². The first-order valence-corrected chi connectivity index (χ1v) is 12.9. The van der Waals surface area contributed by atoms with Gasteiger partial charge < -0.3 is 15.0 Å². The van der Waals surface area contributed by atoms with Crippen molar-refractivity contribution in [3.8, 4) is 39.0 Å². The summed E-state index contributed by atoms with van der Waals surface area (Å²) < 4.78 is 6.20. The van der Waals surface area contributed by atoms with Gasteiger partial charge in [-0.15, -0.1) is 11.3 Å². The van der Waals surface area contributed by atoms with Gasteiger partial charge >= 0.3 is 0 Å². The van der Waals surface area contributed by atoms with Gasteiger partial charge in [0.1, 0.15) is 17.5 Å². The van der Waals surface area contributed by atoms with Gasteiger partial charge in [0.25, 0.3) is 0 Å². The highest BCUT2D eigenvalue weighted by molar-refractivity contribution is 7.13. The number of thiophene rings is 1. The van der Waals surface area contributed by atoms with Crippen LogP contribution in [0.25, 0.3) is 55.0 Å². The normalized spacial score (nSPS) is 14.6.